The van der Waals surface area contributed by atoms with Crippen LogP contribution < -0.4 is 20.9 Å². The van der Waals surface area contributed by atoms with Gasteiger partial charge in [0.05, 0.1) is 13.7 Å². The van der Waals surface area contributed by atoms with E-state index in [2.05, 4.69) is 30.5 Å². The van der Waals surface area contributed by atoms with E-state index in [9.17, 15) is 4.39 Å². The van der Waals surface area contributed by atoms with E-state index < -0.39 is 0 Å². The van der Waals surface area contributed by atoms with Crippen LogP contribution in [-0.4, -0.2) is 27.2 Å². The summed E-state index contributed by atoms with van der Waals surface area (Å²) < 4.78 is 25.3. The molecule has 0 aromatic heterocycles. The van der Waals surface area contributed by atoms with Crippen LogP contribution >= 0.6 is 11.6 Å². The molecule has 0 fully saturated rings. The number of ether oxygens (including phenoxy) is 2. The predicted molar refractivity (Wildman–Crippen MR) is 129 cm³/mol. The molecule has 0 radical (unpaired) electrons. The molecule has 172 valence electrons. The maximum Gasteiger partial charge on any atom is 0.204 e. The number of primary amides is 1. The van der Waals surface area contributed by atoms with Crippen LogP contribution in [0.4, 0.5) is 4.39 Å². The molecule has 1 aliphatic rings. The molecule has 0 atom stereocenters. The first kappa shape index (κ1) is 26.9. The van der Waals surface area contributed by atoms with Gasteiger partial charge in [-0.05, 0) is 44.7 Å². The molecule has 0 aliphatic carbocycles. The number of nitrogens with two attached hydrogens (primary N) is 2. The maximum atomic E-state index is 14.6. The van der Waals surface area contributed by atoms with Crippen LogP contribution in [0.5, 0.6) is 11.5 Å². The molecule has 32 heavy (non-hydrogen) atoms. The third kappa shape index (κ3) is 6.97. The number of hydrogen-bond acceptors (Lipinski definition) is 4. The largest absolute Gasteiger partial charge is 0.494 e. The Morgan fingerprint density at radius 1 is 1.03 bits per heavy atom. The number of aryl methyl sites for hydroxylation is 2. The fourth-order valence-corrected chi connectivity index (χ4v) is 3.44. The molecule has 1 aliphatic heterocycles. The second-order valence-corrected chi connectivity index (χ2v) is 6.97. The first-order valence-corrected chi connectivity index (χ1v) is 10.3. The van der Waals surface area contributed by atoms with E-state index in [1.807, 2.05) is 37.3 Å². The highest BCUT2D eigenvalue weighted by atomic mass is 35.5. The highest BCUT2D eigenvalue weighted by Gasteiger charge is 2.24. The number of amides is 1. The highest BCUT2D eigenvalue weighted by molar-refractivity contribution is 6.33. The van der Waals surface area contributed by atoms with Crippen LogP contribution in [0, 0.1) is 19.7 Å². The smallest absolute Gasteiger partial charge is 0.204 e. The number of hydrogen-bond donors (Lipinski definition) is 2. The van der Waals surface area contributed by atoms with Gasteiger partial charge in [-0.15, -0.1) is 0 Å². The number of methoxy groups -OCH3 is 1. The van der Waals surface area contributed by atoms with Crippen molar-refractivity contribution in [3.05, 3.63) is 82.1 Å². The summed E-state index contributed by atoms with van der Waals surface area (Å²) in [5.41, 5.74) is 13.0. The molecule has 0 unspecified atom stereocenters. The summed E-state index contributed by atoms with van der Waals surface area (Å²) in [5, 5.41) is 0.532. The van der Waals surface area contributed by atoms with Gasteiger partial charge in [0.15, 0.2) is 11.6 Å². The molecule has 0 saturated heterocycles. The van der Waals surface area contributed by atoms with E-state index in [-0.39, 0.29) is 18.0 Å². The Labute approximate surface area is 194 Å². The van der Waals surface area contributed by atoms with Crippen molar-refractivity contribution in [2.45, 2.75) is 20.3 Å². The van der Waals surface area contributed by atoms with Gasteiger partial charge in [0.1, 0.15) is 5.75 Å². The Kier molecular flexibility index (Phi) is 11.8. The molecule has 5 nitrogen and oxygen atoms in total. The summed E-state index contributed by atoms with van der Waals surface area (Å²) in [7, 11) is 2.96. The van der Waals surface area contributed by atoms with Gasteiger partial charge in [-0.1, -0.05) is 53.6 Å². The zero-order valence-electron chi connectivity index (χ0n) is 18.8. The third-order valence-electron chi connectivity index (χ3n) is 4.55. The Bertz CT molecular complexity index is 998. The van der Waals surface area contributed by atoms with E-state index in [0.717, 1.165) is 28.9 Å². The van der Waals surface area contributed by atoms with Crippen molar-refractivity contribution in [3.63, 3.8) is 0 Å². The molecule has 3 aromatic rings. The zero-order valence-corrected chi connectivity index (χ0v) is 19.6. The van der Waals surface area contributed by atoms with Crippen LogP contribution in [0.2, 0.25) is 5.02 Å². The minimum Gasteiger partial charge on any atom is -0.494 e. The molecule has 4 N–H and O–H groups in total. The van der Waals surface area contributed by atoms with Crippen molar-refractivity contribution in [3.8, 4) is 22.6 Å². The lowest BCUT2D eigenvalue weighted by Crippen LogP contribution is -1.97. The van der Waals surface area contributed by atoms with Crippen molar-refractivity contribution in [2.24, 2.45) is 11.5 Å². The van der Waals surface area contributed by atoms with E-state index in [0.29, 0.717) is 17.2 Å². The summed E-state index contributed by atoms with van der Waals surface area (Å²) >= 11 is 6.32. The summed E-state index contributed by atoms with van der Waals surface area (Å²) in [4.78, 5) is 8.58. The fourth-order valence-electron chi connectivity index (χ4n) is 3.17. The molecule has 0 saturated carbocycles. The Morgan fingerprint density at radius 2 is 1.66 bits per heavy atom. The molecular weight excluding hydrogens is 431 g/mol. The lowest BCUT2D eigenvalue weighted by atomic mass is 9.94. The highest BCUT2D eigenvalue weighted by Crippen LogP contribution is 2.43. The van der Waals surface area contributed by atoms with Gasteiger partial charge in [0.25, 0.3) is 0 Å². The summed E-state index contributed by atoms with van der Waals surface area (Å²) in [6, 6.07) is 17.3. The minimum absolute atomic E-state index is 0.221. The van der Waals surface area contributed by atoms with E-state index in [1.54, 1.807) is 12.1 Å². The van der Waals surface area contributed by atoms with Crippen LogP contribution in [0.3, 0.4) is 0 Å². The molecular formula is C25H30ClFN2O3. The van der Waals surface area contributed by atoms with Gasteiger partial charge < -0.3 is 20.9 Å². The first-order valence-electron chi connectivity index (χ1n) is 9.97. The molecule has 1 amide bonds. The van der Waals surface area contributed by atoms with Gasteiger partial charge in [-0.25, -0.2) is 4.39 Å². The average molecular weight is 461 g/mol. The second kappa shape index (κ2) is 14.1. The number of benzene rings is 3. The summed E-state index contributed by atoms with van der Waals surface area (Å²) in [6.45, 7) is 4.55. The SMILES string of the molecule is CN.COc1ccc(C)c(-c2c(Cl)ccc3c2CCO3)c1F.Cc1ccccc1.NC=O. The number of carbonyl (C=O) groups excluding carboxylic acids is 1. The van der Waals surface area contributed by atoms with Crippen molar-refractivity contribution in [1.82, 2.24) is 0 Å². The van der Waals surface area contributed by atoms with Crippen LogP contribution in [0.15, 0.2) is 54.6 Å². The quantitative estimate of drug-likeness (QED) is 0.522. The van der Waals surface area contributed by atoms with Crippen molar-refractivity contribution in [1.29, 1.82) is 0 Å². The summed E-state index contributed by atoms with van der Waals surface area (Å²) in [6.07, 6.45) is 0.987. The Morgan fingerprint density at radius 3 is 2.19 bits per heavy atom. The van der Waals surface area contributed by atoms with E-state index in [4.69, 9.17) is 25.9 Å². The van der Waals surface area contributed by atoms with Gasteiger partial charge in [-0.3, -0.25) is 4.79 Å². The lowest BCUT2D eigenvalue weighted by molar-refractivity contribution is -0.106. The normalized spacial score (nSPS) is 10.6. The maximum absolute atomic E-state index is 14.6. The molecule has 7 heteroatoms. The predicted octanol–water partition coefficient (Wildman–Crippen LogP) is 5.07. The number of carbonyl (C=O) groups is 1. The summed E-state index contributed by atoms with van der Waals surface area (Å²) in [5.74, 6) is 0.624. The fraction of sp³-hybridized carbons (Fsp3) is 0.240. The van der Waals surface area contributed by atoms with Crippen LogP contribution in [-0.2, 0) is 11.2 Å². The minimum atomic E-state index is -0.380. The number of rotatable bonds is 2. The topological polar surface area (TPSA) is 87.6 Å². The van der Waals surface area contributed by atoms with Crippen LogP contribution in [0.25, 0.3) is 11.1 Å². The first-order chi connectivity index (χ1) is 15.4. The standard InChI is InChI=1S/C16H14ClFO2.C7H8.CH3NO.CH5N/c1-9-3-5-13(19-2)16(18)14(9)15-10-7-8-20-12(10)6-4-11(15)17;1-7-5-3-2-4-6-7;2-1-3;1-2/h3-6H,7-8H2,1-2H3;2-6H,1H3;1H,(H2,2,3);2H2,1H3. The van der Waals surface area contributed by atoms with Crippen molar-refractivity contribution < 1.29 is 18.7 Å². The third-order valence-corrected chi connectivity index (χ3v) is 4.87. The lowest BCUT2D eigenvalue weighted by Gasteiger charge is -2.15. The second-order valence-electron chi connectivity index (χ2n) is 6.56. The van der Waals surface area contributed by atoms with E-state index >= 15 is 0 Å². The monoisotopic (exact) mass is 460 g/mol. The molecule has 4 rings (SSSR count). The number of halogens is 2. The molecule has 1 heterocycles. The molecule has 0 bridgehead atoms. The van der Waals surface area contributed by atoms with Crippen molar-refractivity contribution >= 4 is 18.0 Å². The van der Waals surface area contributed by atoms with E-state index in [1.165, 1.54) is 19.7 Å². The average Bonchev–Trinajstić information content (AvgIpc) is 3.27. The number of fused-ring (bicyclic) bond motifs is 1. The van der Waals surface area contributed by atoms with Gasteiger partial charge in [0, 0.05) is 28.1 Å². The van der Waals surface area contributed by atoms with Gasteiger partial charge in [-0.2, -0.15) is 0 Å². The van der Waals surface area contributed by atoms with Crippen LogP contribution in [0.1, 0.15) is 16.7 Å². The Hall–Kier alpha value is -3.09. The Balaban J connectivity index is 0.000000355. The molecule has 0 spiro atoms. The van der Waals surface area contributed by atoms with Gasteiger partial charge >= 0.3 is 0 Å². The van der Waals surface area contributed by atoms with Crippen molar-refractivity contribution in [2.75, 3.05) is 20.8 Å². The van der Waals surface area contributed by atoms with Gasteiger partial charge in [0.2, 0.25) is 6.41 Å². The molecule has 3 aromatic carbocycles. The zero-order chi connectivity index (χ0) is 24.1.